The fourth-order valence-corrected chi connectivity index (χ4v) is 2.03. The Kier molecular flexibility index (Phi) is 3.83. The van der Waals surface area contributed by atoms with Gasteiger partial charge in [-0.25, -0.2) is 15.0 Å². The molecule has 3 aromatic rings. The quantitative estimate of drug-likeness (QED) is 0.678. The minimum Gasteiger partial charge on any atom is -0.219 e. The van der Waals surface area contributed by atoms with Gasteiger partial charge in [-0.15, -0.1) is 0 Å². The first-order chi connectivity index (χ1) is 10.3. The molecule has 0 aliphatic heterocycles. The first kappa shape index (κ1) is 13.2. The van der Waals surface area contributed by atoms with Gasteiger partial charge in [0.05, 0.1) is 5.71 Å². The van der Waals surface area contributed by atoms with Gasteiger partial charge < -0.3 is 0 Å². The number of hydrogen-bond donors (Lipinski definition) is 0. The summed E-state index contributed by atoms with van der Waals surface area (Å²) in [7, 11) is 0. The normalized spacial score (nSPS) is 10.1. The molecule has 0 N–H and O–H groups in total. The van der Waals surface area contributed by atoms with Gasteiger partial charge in [0.2, 0.25) is 5.95 Å². The number of nitrogens with zero attached hydrogens (tertiary/aromatic N) is 3. The van der Waals surface area contributed by atoms with Crippen molar-refractivity contribution in [1.29, 1.82) is 0 Å². The SMILES string of the molecule is Cc1cnc(N=C(c2ccccc2)c2ccccc2)nc1. The molecular weight excluding hydrogens is 258 g/mol. The summed E-state index contributed by atoms with van der Waals surface area (Å²) in [5, 5.41) is 0. The van der Waals surface area contributed by atoms with E-state index in [1.165, 1.54) is 0 Å². The molecule has 0 radical (unpaired) electrons. The second-order valence-corrected chi connectivity index (χ2v) is 4.75. The van der Waals surface area contributed by atoms with E-state index in [4.69, 9.17) is 0 Å². The molecule has 3 rings (SSSR count). The molecule has 0 amide bonds. The van der Waals surface area contributed by atoms with E-state index in [0.717, 1.165) is 22.4 Å². The number of rotatable bonds is 3. The molecule has 0 saturated heterocycles. The van der Waals surface area contributed by atoms with Gasteiger partial charge >= 0.3 is 0 Å². The van der Waals surface area contributed by atoms with Crippen molar-refractivity contribution in [2.45, 2.75) is 6.92 Å². The molecule has 3 nitrogen and oxygen atoms in total. The van der Waals surface area contributed by atoms with E-state index >= 15 is 0 Å². The zero-order chi connectivity index (χ0) is 14.5. The van der Waals surface area contributed by atoms with Gasteiger partial charge in [-0.2, -0.15) is 0 Å². The van der Waals surface area contributed by atoms with Crippen LogP contribution in [0.15, 0.2) is 78.0 Å². The number of aliphatic imine (C=N–C) groups is 1. The molecule has 1 aromatic heterocycles. The molecule has 0 aliphatic carbocycles. The number of aromatic nitrogens is 2. The van der Waals surface area contributed by atoms with Gasteiger partial charge in [-0.3, -0.25) is 0 Å². The Labute approximate surface area is 124 Å². The van der Waals surface area contributed by atoms with Crippen LogP contribution in [0.25, 0.3) is 0 Å². The minimum absolute atomic E-state index is 0.475. The molecular formula is C18H15N3. The number of benzene rings is 2. The van der Waals surface area contributed by atoms with Crippen LogP contribution in [0.5, 0.6) is 0 Å². The van der Waals surface area contributed by atoms with Crippen molar-refractivity contribution in [3.63, 3.8) is 0 Å². The summed E-state index contributed by atoms with van der Waals surface area (Å²) in [4.78, 5) is 13.2. The molecule has 0 fully saturated rings. The molecule has 0 spiro atoms. The van der Waals surface area contributed by atoms with Crippen molar-refractivity contribution < 1.29 is 0 Å². The highest BCUT2D eigenvalue weighted by molar-refractivity contribution is 6.13. The fraction of sp³-hybridized carbons (Fsp3) is 0.0556. The molecule has 0 saturated carbocycles. The molecule has 0 atom stereocenters. The molecule has 1 heterocycles. The second kappa shape index (κ2) is 6.09. The average Bonchev–Trinajstić information content (AvgIpc) is 2.56. The molecule has 2 aromatic carbocycles. The van der Waals surface area contributed by atoms with Crippen molar-refractivity contribution in [2.24, 2.45) is 4.99 Å². The Balaban J connectivity index is 2.10. The van der Waals surface area contributed by atoms with Crippen LogP contribution in [-0.4, -0.2) is 15.7 Å². The van der Waals surface area contributed by atoms with E-state index in [-0.39, 0.29) is 0 Å². The van der Waals surface area contributed by atoms with E-state index in [9.17, 15) is 0 Å². The highest BCUT2D eigenvalue weighted by atomic mass is 15.0. The minimum atomic E-state index is 0.475. The van der Waals surface area contributed by atoms with E-state index in [1.807, 2.05) is 67.6 Å². The summed E-state index contributed by atoms with van der Waals surface area (Å²) in [6, 6.07) is 20.2. The van der Waals surface area contributed by atoms with E-state index in [2.05, 4.69) is 15.0 Å². The fourth-order valence-electron chi connectivity index (χ4n) is 2.03. The summed E-state index contributed by atoms with van der Waals surface area (Å²) in [6.07, 6.45) is 3.55. The van der Waals surface area contributed by atoms with Crippen LogP contribution in [0, 0.1) is 6.92 Å². The van der Waals surface area contributed by atoms with Crippen LogP contribution in [0.2, 0.25) is 0 Å². The van der Waals surface area contributed by atoms with Gasteiger partial charge in [-0.1, -0.05) is 60.7 Å². The first-order valence-corrected chi connectivity index (χ1v) is 6.81. The van der Waals surface area contributed by atoms with Crippen LogP contribution >= 0.6 is 0 Å². The van der Waals surface area contributed by atoms with Crippen molar-refractivity contribution in [3.8, 4) is 0 Å². The Morgan fingerprint density at radius 2 is 1.24 bits per heavy atom. The van der Waals surface area contributed by atoms with Crippen molar-refractivity contribution in [3.05, 3.63) is 89.7 Å². The monoisotopic (exact) mass is 273 g/mol. The van der Waals surface area contributed by atoms with Crippen molar-refractivity contribution >= 4 is 11.7 Å². The largest absolute Gasteiger partial charge is 0.249 e. The van der Waals surface area contributed by atoms with Gasteiger partial charge in [0, 0.05) is 23.5 Å². The lowest BCUT2D eigenvalue weighted by molar-refractivity contribution is 1.10. The lowest BCUT2D eigenvalue weighted by Gasteiger charge is -2.06. The summed E-state index contributed by atoms with van der Waals surface area (Å²) < 4.78 is 0. The lowest BCUT2D eigenvalue weighted by atomic mass is 10.0. The van der Waals surface area contributed by atoms with Crippen LogP contribution in [0.3, 0.4) is 0 Å². The third-order valence-corrected chi connectivity index (χ3v) is 3.07. The van der Waals surface area contributed by atoms with Gasteiger partial charge in [0.25, 0.3) is 0 Å². The Morgan fingerprint density at radius 1 is 0.762 bits per heavy atom. The molecule has 102 valence electrons. The number of aryl methyl sites for hydroxylation is 1. The predicted molar refractivity (Wildman–Crippen MR) is 85.0 cm³/mol. The van der Waals surface area contributed by atoms with Crippen LogP contribution < -0.4 is 0 Å². The molecule has 3 heteroatoms. The Hall–Kier alpha value is -2.81. The Bertz CT molecular complexity index is 691. The maximum Gasteiger partial charge on any atom is 0.249 e. The van der Waals surface area contributed by atoms with Gasteiger partial charge in [0.1, 0.15) is 0 Å². The molecule has 0 aliphatic rings. The summed E-state index contributed by atoms with van der Waals surface area (Å²) >= 11 is 0. The standard InChI is InChI=1S/C18H15N3/c1-14-12-19-18(20-13-14)21-17(15-8-4-2-5-9-15)16-10-6-3-7-11-16/h2-13H,1H3. The van der Waals surface area contributed by atoms with Crippen LogP contribution in [0.1, 0.15) is 16.7 Å². The predicted octanol–water partition coefficient (Wildman–Crippen LogP) is 3.95. The zero-order valence-electron chi connectivity index (χ0n) is 11.8. The van der Waals surface area contributed by atoms with E-state index in [1.54, 1.807) is 12.4 Å². The van der Waals surface area contributed by atoms with Gasteiger partial charge in [-0.05, 0) is 12.5 Å². The molecule has 0 unspecified atom stereocenters. The second-order valence-electron chi connectivity index (χ2n) is 4.75. The highest BCUT2D eigenvalue weighted by Gasteiger charge is 2.07. The molecule has 0 bridgehead atoms. The summed E-state index contributed by atoms with van der Waals surface area (Å²) in [5.41, 5.74) is 4.00. The maximum atomic E-state index is 4.63. The lowest BCUT2D eigenvalue weighted by Crippen LogP contribution is -2.03. The summed E-state index contributed by atoms with van der Waals surface area (Å²) in [6.45, 7) is 1.96. The van der Waals surface area contributed by atoms with Crippen molar-refractivity contribution in [1.82, 2.24) is 9.97 Å². The third kappa shape index (κ3) is 3.20. The zero-order valence-corrected chi connectivity index (χ0v) is 11.8. The number of hydrogen-bond acceptors (Lipinski definition) is 3. The molecule has 21 heavy (non-hydrogen) atoms. The van der Waals surface area contributed by atoms with Gasteiger partial charge in [0.15, 0.2) is 0 Å². The Morgan fingerprint density at radius 3 is 1.71 bits per heavy atom. The van der Waals surface area contributed by atoms with E-state index in [0.29, 0.717) is 5.95 Å². The highest BCUT2D eigenvalue weighted by Crippen LogP contribution is 2.14. The topological polar surface area (TPSA) is 38.1 Å². The average molecular weight is 273 g/mol. The smallest absolute Gasteiger partial charge is 0.219 e. The first-order valence-electron chi connectivity index (χ1n) is 6.81. The third-order valence-electron chi connectivity index (χ3n) is 3.07. The van der Waals surface area contributed by atoms with Crippen LogP contribution in [-0.2, 0) is 0 Å². The van der Waals surface area contributed by atoms with E-state index < -0.39 is 0 Å². The van der Waals surface area contributed by atoms with Crippen LogP contribution in [0.4, 0.5) is 5.95 Å². The maximum absolute atomic E-state index is 4.63. The van der Waals surface area contributed by atoms with Crippen molar-refractivity contribution in [2.75, 3.05) is 0 Å². The summed E-state index contributed by atoms with van der Waals surface area (Å²) in [5.74, 6) is 0.475.